The quantitative estimate of drug-likeness (QED) is 0.445. The summed E-state index contributed by atoms with van der Waals surface area (Å²) in [6.07, 6.45) is 0. The summed E-state index contributed by atoms with van der Waals surface area (Å²) in [5.41, 5.74) is 0.991. The van der Waals surface area contributed by atoms with E-state index in [9.17, 15) is 8.42 Å². The Morgan fingerprint density at radius 2 is 1.52 bits per heavy atom. The number of nitrogens with one attached hydrogen (secondary N) is 2. The first kappa shape index (κ1) is 25.4. The molecule has 8 heteroatoms. The second kappa shape index (κ2) is 11.5. The number of guanidine groups is 1. The lowest BCUT2D eigenvalue weighted by atomic mass is 10.2. The predicted molar refractivity (Wildman–Crippen MR) is 122 cm³/mol. The van der Waals surface area contributed by atoms with E-state index in [1.165, 1.54) is 4.31 Å². The van der Waals surface area contributed by atoms with Gasteiger partial charge in [0.05, 0.1) is 4.90 Å². The predicted octanol–water partition coefficient (Wildman–Crippen LogP) is 2.50. The van der Waals surface area contributed by atoms with Gasteiger partial charge in [-0.15, -0.1) is 0 Å². The minimum atomic E-state index is -3.45. The lowest BCUT2D eigenvalue weighted by Gasteiger charge is -2.30. The average molecular weight is 426 g/mol. The molecule has 0 bridgehead atoms. The van der Waals surface area contributed by atoms with Gasteiger partial charge in [-0.25, -0.2) is 8.42 Å². The lowest BCUT2D eigenvalue weighted by molar-refractivity contribution is 0.178. The topological polar surface area (TPSA) is 77.0 Å². The summed E-state index contributed by atoms with van der Waals surface area (Å²) in [6, 6.07) is 7.89. The van der Waals surface area contributed by atoms with E-state index >= 15 is 0 Å². The molecular weight excluding hydrogens is 386 g/mol. The van der Waals surface area contributed by atoms with E-state index in [2.05, 4.69) is 48.2 Å². The van der Waals surface area contributed by atoms with Crippen LogP contribution in [-0.4, -0.2) is 68.9 Å². The first-order valence-corrected chi connectivity index (χ1v) is 11.7. The van der Waals surface area contributed by atoms with Gasteiger partial charge in [0.15, 0.2) is 5.96 Å². The maximum atomic E-state index is 12.5. The van der Waals surface area contributed by atoms with E-state index in [-0.39, 0.29) is 6.04 Å². The maximum absolute atomic E-state index is 12.5. The summed E-state index contributed by atoms with van der Waals surface area (Å²) in [6.45, 7) is 14.8. The molecule has 0 atom stereocenters. The second-order valence-corrected chi connectivity index (χ2v) is 10.0. The number of hydrogen-bond donors (Lipinski definition) is 2. The normalized spacial score (nSPS) is 13.2. The molecule has 0 radical (unpaired) electrons. The van der Waals surface area contributed by atoms with Crippen LogP contribution in [0.4, 0.5) is 0 Å². The number of hydrogen-bond acceptors (Lipinski definition) is 4. The fourth-order valence-electron chi connectivity index (χ4n) is 3.05. The van der Waals surface area contributed by atoms with E-state index < -0.39 is 10.0 Å². The minimum Gasteiger partial charge on any atom is -0.355 e. The van der Waals surface area contributed by atoms with Crippen molar-refractivity contribution in [3.8, 4) is 0 Å². The molecule has 0 saturated heterocycles. The molecule has 29 heavy (non-hydrogen) atoms. The summed E-state index contributed by atoms with van der Waals surface area (Å²) in [7, 11) is -0.106. The second-order valence-electron chi connectivity index (χ2n) is 8.04. The molecule has 1 aromatic carbocycles. The Bertz CT molecular complexity index is 735. The summed E-state index contributed by atoms with van der Waals surface area (Å²) < 4.78 is 26.5. The van der Waals surface area contributed by atoms with Crippen LogP contribution in [0, 0.1) is 0 Å². The molecule has 0 spiro atoms. The summed E-state index contributed by atoms with van der Waals surface area (Å²) >= 11 is 0. The first-order valence-electron chi connectivity index (χ1n) is 10.3. The van der Waals surface area contributed by atoms with E-state index in [0.717, 1.165) is 24.6 Å². The van der Waals surface area contributed by atoms with Gasteiger partial charge in [0.2, 0.25) is 10.0 Å². The smallest absolute Gasteiger partial charge is 0.243 e. The molecule has 1 aromatic rings. The van der Waals surface area contributed by atoms with Crippen molar-refractivity contribution in [2.75, 3.05) is 27.2 Å². The summed E-state index contributed by atoms with van der Waals surface area (Å²) in [5, 5.41) is 6.62. The SMILES string of the molecule is CN=C(NCCN(C(C)C)C(C)C)NCc1ccc(S(=O)(=O)N(C)C(C)C)cc1. The highest BCUT2D eigenvalue weighted by molar-refractivity contribution is 7.89. The molecule has 0 aliphatic rings. The van der Waals surface area contributed by atoms with Crippen molar-refractivity contribution in [3.05, 3.63) is 29.8 Å². The first-order chi connectivity index (χ1) is 13.5. The Balaban J connectivity index is 2.61. The molecule has 0 aromatic heterocycles. The number of aliphatic imine (C=N–C) groups is 1. The molecule has 0 saturated carbocycles. The van der Waals surface area contributed by atoms with Crippen LogP contribution in [0.25, 0.3) is 0 Å². The molecule has 1 rings (SSSR count). The van der Waals surface area contributed by atoms with Gasteiger partial charge in [-0.3, -0.25) is 9.89 Å². The van der Waals surface area contributed by atoms with Gasteiger partial charge in [0, 0.05) is 51.9 Å². The van der Waals surface area contributed by atoms with Crippen molar-refractivity contribution in [1.82, 2.24) is 19.8 Å². The highest BCUT2D eigenvalue weighted by Gasteiger charge is 2.22. The Hall–Kier alpha value is -1.64. The molecule has 166 valence electrons. The Morgan fingerprint density at radius 3 is 1.97 bits per heavy atom. The van der Waals surface area contributed by atoms with Crippen molar-refractivity contribution >= 4 is 16.0 Å². The van der Waals surface area contributed by atoms with Gasteiger partial charge in [0.25, 0.3) is 0 Å². The number of nitrogens with zero attached hydrogens (tertiary/aromatic N) is 3. The monoisotopic (exact) mass is 425 g/mol. The van der Waals surface area contributed by atoms with Crippen molar-refractivity contribution in [1.29, 1.82) is 0 Å². The highest BCUT2D eigenvalue weighted by Crippen LogP contribution is 2.17. The number of sulfonamides is 1. The van der Waals surface area contributed by atoms with Gasteiger partial charge in [-0.2, -0.15) is 4.31 Å². The van der Waals surface area contributed by atoms with Gasteiger partial charge in [-0.1, -0.05) is 12.1 Å². The standard InChI is InChI=1S/C21H39N5O2S/c1-16(2)25(8)29(27,28)20-11-9-19(10-12-20)15-24-21(22-7)23-13-14-26(17(3)4)18(5)6/h9-12,16-18H,13-15H2,1-8H3,(H2,22,23,24). The Labute approximate surface area is 177 Å². The fraction of sp³-hybridized carbons (Fsp3) is 0.667. The van der Waals surface area contributed by atoms with Crippen LogP contribution in [0.1, 0.15) is 47.1 Å². The lowest BCUT2D eigenvalue weighted by Crippen LogP contribution is -2.45. The third-order valence-corrected chi connectivity index (χ3v) is 7.05. The third-order valence-electron chi connectivity index (χ3n) is 5.00. The minimum absolute atomic E-state index is 0.0851. The van der Waals surface area contributed by atoms with Crippen molar-refractivity contribution in [2.24, 2.45) is 4.99 Å². The maximum Gasteiger partial charge on any atom is 0.243 e. The fourth-order valence-corrected chi connectivity index (χ4v) is 4.41. The van der Waals surface area contributed by atoms with E-state index in [1.807, 2.05) is 26.0 Å². The van der Waals surface area contributed by atoms with E-state index in [0.29, 0.717) is 23.5 Å². The summed E-state index contributed by atoms with van der Waals surface area (Å²) in [4.78, 5) is 6.99. The van der Waals surface area contributed by atoms with Crippen LogP contribution in [0.3, 0.4) is 0 Å². The van der Waals surface area contributed by atoms with Crippen LogP contribution in [0.2, 0.25) is 0 Å². The largest absolute Gasteiger partial charge is 0.355 e. The molecular formula is C21H39N5O2S. The molecule has 0 fully saturated rings. The third kappa shape index (κ3) is 7.60. The van der Waals surface area contributed by atoms with Crippen molar-refractivity contribution in [2.45, 2.75) is 71.1 Å². The van der Waals surface area contributed by atoms with Gasteiger partial charge < -0.3 is 10.6 Å². The average Bonchev–Trinajstić information content (AvgIpc) is 2.66. The molecule has 0 heterocycles. The van der Waals surface area contributed by atoms with Gasteiger partial charge >= 0.3 is 0 Å². The van der Waals surface area contributed by atoms with Gasteiger partial charge in [-0.05, 0) is 59.2 Å². The van der Waals surface area contributed by atoms with Crippen molar-refractivity contribution in [3.63, 3.8) is 0 Å². The van der Waals surface area contributed by atoms with Crippen LogP contribution in [-0.2, 0) is 16.6 Å². The summed E-state index contributed by atoms with van der Waals surface area (Å²) in [5.74, 6) is 0.730. The van der Waals surface area contributed by atoms with E-state index in [4.69, 9.17) is 0 Å². The number of rotatable bonds is 10. The Kier molecular flexibility index (Phi) is 10.1. The molecule has 0 aliphatic heterocycles. The Morgan fingerprint density at radius 1 is 0.966 bits per heavy atom. The van der Waals surface area contributed by atoms with Crippen molar-refractivity contribution < 1.29 is 8.42 Å². The number of benzene rings is 1. The molecule has 2 N–H and O–H groups in total. The van der Waals surface area contributed by atoms with Crippen LogP contribution in [0.5, 0.6) is 0 Å². The zero-order valence-electron chi connectivity index (χ0n) is 19.2. The van der Waals surface area contributed by atoms with Gasteiger partial charge in [0.1, 0.15) is 0 Å². The van der Waals surface area contributed by atoms with Crippen LogP contribution in [0.15, 0.2) is 34.2 Å². The van der Waals surface area contributed by atoms with E-state index in [1.54, 1.807) is 26.2 Å². The zero-order chi connectivity index (χ0) is 22.2. The highest BCUT2D eigenvalue weighted by atomic mass is 32.2. The molecule has 0 unspecified atom stereocenters. The molecule has 0 aliphatic carbocycles. The molecule has 7 nitrogen and oxygen atoms in total. The zero-order valence-corrected chi connectivity index (χ0v) is 20.0. The molecule has 0 amide bonds. The van der Waals surface area contributed by atoms with Crippen LogP contribution >= 0.6 is 0 Å². The van der Waals surface area contributed by atoms with Crippen LogP contribution < -0.4 is 10.6 Å².